The van der Waals surface area contributed by atoms with Crippen molar-refractivity contribution in [2.45, 2.75) is 46.5 Å². The Hall–Kier alpha value is -0.300. The average molecular weight is 170 g/mol. The van der Waals surface area contributed by atoms with Gasteiger partial charge in [0.15, 0.2) is 0 Å². The van der Waals surface area contributed by atoms with E-state index in [4.69, 9.17) is 5.11 Å². The van der Waals surface area contributed by atoms with Gasteiger partial charge in [0.1, 0.15) is 0 Å². The molecule has 0 saturated carbocycles. The highest BCUT2D eigenvalue weighted by molar-refractivity contribution is 4.96. The van der Waals surface area contributed by atoms with E-state index >= 15 is 0 Å². The Morgan fingerprint density at radius 1 is 1.42 bits per heavy atom. The Morgan fingerprint density at radius 2 is 2.08 bits per heavy atom. The van der Waals surface area contributed by atoms with Crippen molar-refractivity contribution in [3.63, 3.8) is 0 Å². The maximum absolute atomic E-state index is 8.68. The minimum absolute atomic E-state index is 0.331. The van der Waals surface area contributed by atoms with Crippen molar-refractivity contribution in [1.82, 2.24) is 0 Å². The van der Waals surface area contributed by atoms with Gasteiger partial charge in [0.05, 0.1) is 0 Å². The topological polar surface area (TPSA) is 20.2 Å². The van der Waals surface area contributed by atoms with Crippen molar-refractivity contribution < 1.29 is 5.11 Å². The van der Waals surface area contributed by atoms with E-state index in [0.29, 0.717) is 12.5 Å². The summed E-state index contributed by atoms with van der Waals surface area (Å²) >= 11 is 0. The summed E-state index contributed by atoms with van der Waals surface area (Å²) in [6.07, 6.45) is 6.79. The first-order valence-corrected chi connectivity index (χ1v) is 4.97. The summed E-state index contributed by atoms with van der Waals surface area (Å²) in [5, 5.41) is 8.68. The van der Waals surface area contributed by atoms with Crippen LogP contribution in [0.1, 0.15) is 46.5 Å². The van der Waals surface area contributed by atoms with Crippen molar-refractivity contribution in [1.29, 1.82) is 0 Å². The predicted octanol–water partition coefficient (Wildman–Crippen LogP) is 3.14. The fraction of sp³-hybridized carbons (Fsp3) is 0.818. The molecule has 0 aromatic heterocycles. The molecule has 1 nitrogen and oxygen atoms in total. The fourth-order valence-electron chi connectivity index (χ4n) is 1.12. The van der Waals surface area contributed by atoms with Crippen molar-refractivity contribution in [2.24, 2.45) is 5.92 Å². The normalized spacial score (nSPS) is 14.8. The number of hydrogen-bond donors (Lipinski definition) is 1. The highest BCUT2D eigenvalue weighted by atomic mass is 16.2. The third kappa shape index (κ3) is 6.41. The van der Waals surface area contributed by atoms with E-state index in [1.165, 1.54) is 18.4 Å². The van der Waals surface area contributed by atoms with Crippen molar-refractivity contribution in [3.05, 3.63) is 11.6 Å². The summed E-state index contributed by atoms with van der Waals surface area (Å²) < 4.78 is 0. The van der Waals surface area contributed by atoms with Gasteiger partial charge < -0.3 is 5.11 Å². The molecule has 1 heteroatoms. The molecule has 0 aliphatic carbocycles. The molecule has 0 aliphatic heterocycles. The molecule has 0 heterocycles. The van der Waals surface area contributed by atoms with E-state index in [1.807, 2.05) is 0 Å². The van der Waals surface area contributed by atoms with E-state index in [-0.39, 0.29) is 0 Å². The molecule has 72 valence electrons. The number of rotatable bonds is 6. The largest absolute Gasteiger partial charge is 0.396 e. The standard InChI is InChI=1S/C11H22O/c1-4-10(2)6-5-7-11(3)8-9-12/h6,11-12H,4-5,7-9H2,1-3H3/b10-6-. The maximum atomic E-state index is 8.68. The molecule has 0 radical (unpaired) electrons. The van der Waals surface area contributed by atoms with E-state index in [2.05, 4.69) is 26.8 Å². The van der Waals surface area contributed by atoms with Gasteiger partial charge in [0, 0.05) is 6.61 Å². The first-order valence-electron chi connectivity index (χ1n) is 4.97. The van der Waals surface area contributed by atoms with Gasteiger partial charge in [-0.1, -0.05) is 25.5 Å². The Kier molecular flexibility index (Phi) is 7.17. The molecule has 0 aromatic rings. The lowest BCUT2D eigenvalue weighted by atomic mass is 10.0. The SMILES string of the molecule is CC/C(C)=C\CCC(C)CCO. The third-order valence-corrected chi connectivity index (χ3v) is 2.33. The summed E-state index contributed by atoms with van der Waals surface area (Å²) in [4.78, 5) is 0. The quantitative estimate of drug-likeness (QED) is 0.607. The molecule has 1 atom stereocenters. The Labute approximate surface area is 76.5 Å². The van der Waals surface area contributed by atoms with E-state index in [0.717, 1.165) is 12.8 Å². The Balaban J connectivity index is 3.41. The van der Waals surface area contributed by atoms with Crippen LogP contribution in [0.25, 0.3) is 0 Å². The van der Waals surface area contributed by atoms with Crippen molar-refractivity contribution >= 4 is 0 Å². The van der Waals surface area contributed by atoms with Gasteiger partial charge in [0.2, 0.25) is 0 Å². The first-order chi connectivity index (χ1) is 5.70. The van der Waals surface area contributed by atoms with Gasteiger partial charge in [-0.2, -0.15) is 0 Å². The number of aliphatic hydroxyl groups excluding tert-OH is 1. The summed E-state index contributed by atoms with van der Waals surface area (Å²) in [6.45, 7) is 6.89. The molecule has 0 aliphatic rings. The number of hydrogen-bond acceptors (Lipinski definition) is 1. The van der Waals surface area contributed by atoms with Crippen LogP contribution in [0.15, 0.2) is 11.6 Å². The maximum Gasteiger partial charge on any atom is 0.0433 e. The van der Waals surface area contributed by atoms with Gasteiger partial charge in [-0.05, 0) is 38.5 Å². The summed E-state index contributed by atoms with van der Waals surface area (Å²) in [5.41, 5.74) is 1.48. The smallest absolute Gasteiger partial charge is 0.0433 e. The molecule has 0 fully saturated rings. The summed E-state index contributed by atoms with van der Waals surface area (Å²) in [6, 6.07) is 0. The molecule has 0 spiro atoms. The molecule has 12 heavy (non-hydrogen) atoms. The Morgan fingerprint density at radius 3 is 2.58 bits per heavy atom. The second-order valence-electron chi connectivity index (χ2n) is 3.60. The van der Waals surface area contributed by atoms with E-state index in [1.54, 1.807) is 0 Å². The first kappa shape index (κ1) is 11.7. The zero-order chi connectivity index (χ0) is 9.40. The van der Waals surface area contributed by atoms with Gasteiger partial charge in [-0.25, -0.2) is 0 Å². The number of aliphatic hydroxyl groups is 1. The molecular weight excluding hydrogens is 148 g/mol. The summed E-state index contributed by atoms with van der Waals surface area (Å²) in [7, 11) is 0. The van der Waals surface area contributed by atoms with Gasteiger partial charge in [-0.3, -0.25) is 0 Å². The predicted molar refractivity (Wildman–Crippen MR) is 54.1 cm³/mol. The fourth-order valence-corrected chi connectivity index (χ4v) is 1.12. The van der Waals surface area contributed by atoms with E-state index in [9.17, 15) is 0 Å². The second-order valence-corrected chi connectivity index (χ2v) is 3.60. The van der Waals surface area contributed by atoms with Crippen LogP contribution < -0.4 is 0 Å². The molecule has 1 N–H and O–H groups in total. The highest BCUT2D eigenvalue weighted by Crippen LogP contribution is 2.11. The van der Waals surface area contributed by atoms with Gasteiger partial charge in [0.25, 0.3) is 0 Å². The molecule has 0 aromatic carbocycles. The molecule has 0 saturated heterocycles. The van der Waals surface area contributed by atoms with Crippen LogP contribution in [0, 0.1) is 5.92 Å². The van der Waals surface area contributed by atoms with Crippen LogP contribution >= 0.6 is 0 Å². The van der Waals surface area contributed by atoms with Gasteiger partial charge in [-0.15, -0.1) is 0 Å². The Bertz CT molecular complexity index is 127. The summed E-state index contributed by atoms with van der Waals surface area (Å²) in [5.74, 6) is 0.663. The van der Waals surface area contributed by atoms with Crippen LogP contribution in [-0.2, 0) is 0 Å². The van der Waals surface area contributed by atoms with Crippen molar-refractivity contribution in [3.8, 4) is 0 Å². The minimum Gasteiger partial charge on any atom is -0.396 e. The van der Waals surface area contributed by atoms with Crippen LogP contribution in [0.5, 0.6) is 0 Å². The average Bonchev–Trinajstić information content (AvgIpc) is 2.04. The van der Waals surface area contributed by atoms with Crippen LogP contribution in [0.4, 0.5) is 0 Å². The third-order valence-electron chi connectivity index (χ3n) is 2.33. The van der Waals surface area contributed by atoms with Crippen LogP contribution in [0.2, 0.25) is 0 Å². The van der Waals surface area contributed by atoms with Crippen LogP contribution in [0.3, 0.4) is 0 Å². The lowest BCUT2D eigenvalue weighted by Crippen LogP contribution is -1.96. The van der Waals surface area contributed by atoms with Crippen molar-refractivity contribution in [2.75, 3.05) is 6.61 Å². The van der Waals surface area contributed by atoms with Crippen LogP contribution in [-0.4, -0.2) is 11.7 Å². The monoisotopic (exact) mass is 170 g/mol. The zero-order valence-electron chi connectivity index (χ0n) is 8.64. The lowest BCUT2D eigenvalue weighted by Gasteiger charge is -2.06. The van der Waals surface area contributed by atoms with E-state index < -0.39 is 0 Å². The second kappa shape index (κ2) is 7.35. The number of allylic oxidation sites excluding steroid dienone is 2. The molecule has 0 amide bonds. The lowest BCUT2D eigenvalue weighted by molar-refractivity contribution is 0.259. The molecule has 0 rings (SSSR count). The zero-order valence-corrected chi connectivity index (χ0v) is 8.64. The highest BCUT2D eigenvalue weighted by Gasteiger charge is 1.98. The molecule has 0 bridgehead atoms. The minimum atomic E-state index is 0.331. The molecular formula is C11H22O. The molecule has 1 unspecified atom stereocenters. The van der Waals surface area contributed by atoms with Gasteiger partial charge >= 0.3 is 0 Å².